The van der Waals surface area contributed by atoms with Crippen molar-refractivity contribution >= 4 is 22.8 Å². The summed E-state index contributed by atoms with van der Waals surface area (Å²) in [6.45, 7) is 6.52. The average Bonchev–Trinajstić information content (AvgIpc) is 2.69. The summed E-state index contributed by atoms with van der Waals surface area (Å²) in [4.78, 5) is 4.37. The minimum Gasteiger partial charge on any atom is -0.424 e. The SMILES string of the molecule is CCC(C)C(C)Nc1nc2cc(N)ccc2o1. The fourth-order valence-electron chi connectivity index (χ4n) is 1.70. The number of hydrogen-bond acceptors (Lipinski definition) is 4. The third-order valence-corrected chi connectivity index (χ3v) is 3.26. The molecule has 0 saturated carbocycles. The molecule has 1 aromatic carbocycles. The van der Waals surface area contributed by atoms with Crippen LogP contribution in [0.1, 0.15) is 27.2 Å². The molecule has 2 aromatic rings. The van der Waals surface area contributed by atoms with Crippen LogP contribution < -0.4 is 11.1 Å². The van der Waals surface area contributed by atoms with Crippen molar-refractivity contribution in [1.82, 2.24) is 4.98 Å². The Kier molecular flexibility index (Phi) is 3.22. The van der Waals surface area contributed by atoms with E-state index in [0.717, 1.165) is 17.5 Å². The second kappa shape index (κ2) is 4.65. The van der Waals surface area contributed by atoms with Crippen LogP contribution in [0.5, 0.6) is 0 Å². The van der Waals surface area contributed by atoms with Gasteiger partial charge in [0.05, 0.1) is 0 Å². The predicted octanol–water partition coefficient (Wildman–Crippen LogP) is 3.26. The van der Waals surface area contributed by atoms with Crippen LogP contribution in [0.2, 0.25) is 0 Å². The minimum absolute atomic E-state index is 0.338. The summed E-state index contributed by atoms with van der Waals surface area (Å²) in [5.41, 5.74) is 7.96. The summed E-state index contributed by atoms with van der Waals surface area (Å²) >= 11 is 0. The number of hydrogen-bond donors (Lipinski definition) is 2. The number of oxazole rings is 1. The topological polar surface area (TPSA) is 64.1 Å². The largest absolute Gasteiger partial charge is 0.424 e. The fraction of sp³-hybridized carbons (Fsp3) is 0.462. The average molecular weight is 233 g/mol. The van der Waals surface area contributed by atoms with E-state index >= 15 is 0 Å². The van der Waals surface area contributed by atoms with Gasteiger partial charge in [-0.05, 0) is 31.0 Å². The van der Waals surface area contributed by atoms with Crippen molar-refractivity contribution in [3.8, 4) is 0 Å². The van der Waals surface area contributed by atoms with Gasteiger partial charge in [-0.15, -0.1) is 0 Å². The van der Waals surface area contributed by atoms with Gasteiger partial charge in [0.2, 0.25) is 0 Å². The van der Waals surface area contributed by atoms with Crippen LogP contribution in [0.4, 0.5) is 11.7 Å². The first-order valence-corrected chi connectivity index (χ1v) is 6.02. The van der Waals surface area contributed by atoms with Crippen LogP contribution in [0.3, 0.4) is 0 Å². The standard InChI is InChI=1S/C13H19N3O/c1-4-8(2)9(3)15-13-16-11-7-10(14)5-6-12(11)17-13/h5-9H,4,14H2,1-3H3,(H,15,16). The second-order valence-corrected chi connectivity index (χ2v) is 4.56. The number of aromatic nitrogens is 1. The number of nitrogens with two attached hydrogens (primary N) is 1. The number of fused-ring (bicyclic) bond motifs is 1. The maximum absolute atomic E-state index is 5.70. The summed E-state index contributed by atoms with van der Waals surface area (Å²) in [5.74, 6) is 0.579. The molecular formula is C13H19N3O. The Morgan fingerprint density at radius 1 is 1.41 bits per heavy atom. The predicted molar refractivity (Wildman–Crippen MR) is 71.0 cm³/mol. The maximum atomic E-state index is 5.70. The molecule has 0 spiro atoms. The van der Waals surface area contributed by atoms with Crippen LogP contribution in [0.25, 0.3) is 11.1 Å². The number of nitrogen functional groups attached to an aromatic ring is 1. The molecule has 0 radical (unpaired) electrons. The lowest BCUT2D eigenvalue weighted by molar-refractivity contribution is 0.478. The van der Waals surface area contributed by atoms with Gasteiger partial charge in [-0.2, -0.15) is 4.98 Å². The Bertz CT molecular complexity index is 506. The van der Waals surface area contributed by atoms with Crippen molar-refractivity contribution in [2.75, 3.05) is 11.1 Å². The molecule has 0 amide bonds. The van der Waals surface area contributed by atoms with Crippen LogP contribution in [-0.4, -0.2) is 11.0 Å². The third kappa shape index (κ3) is 2.52. The summed E-state index contributed by atoms with van der Waals surface area (Å²) in [6, 6.07) is 6.38. The van der Waals surface area contributed by atoms with E-state index < -0.39 is 0 Å². The van der Waals surface area contributed by atoms with Gasteiger partial charge >= 0.3 is 0 Å². The first-order chi connectivity index (χ1) is 8.10. The first kappa shape index (κ1) is 11.8. The number of benzene rings is 1. The van der Waals surface area contributed by atoms with E-state index in [1.54, 1.807) is 0 Å². The smallest absolute Gasteiger partial charge is 0.295 e. The molecule has 0 aliphatic heterocycles. The van der Waals surface area contributed by atoms with Crippen molar-refractivity contribution < 1.29 is 4.42 Å². The van der Waals surface area contributed by atoms with Crippen molar-refractivity contribution in [2.45, 2.75) is 33.2 Å². The second-order valence-electron chi connectivity index (χ2n) is 4.56. The van der Waals surface area contributed by atoms with Gasteiger partial charge in [0.1, 0.15) is 5.52 Å². The van der Waals surface area contributed by atoms with Crippen molar-refractivity contribution in [3.05, 3.63) is 18.2 Å². The molecule has 0 bridgehead atoms. The molecule has 1 aromatic heterocycles. The van der Waals surface area contributed by atoms with Gasteiger partial charge in [0, 0.05) is 11.7 Å². The monoisotopic (exact) mass is 233 g/mol. The van der Waals surface area contributed by atoms with Crippen LogP contribution in [0.15, 0.2) is 22.6 Å². The molecule has 2 rings (SSSR count). The van der Waals surface area contributed by atoms with E-state index in [-0.39, 0.29) is 0 Å². The number of nitrogens with zero attached hydrogens (tertiary/aromatic N) is 1. The summed E-state index contributed by atoms with van der Waals surface area (Å²) in [5, 5.41) is 3.28. The molecule has 92 valence electrons. The summed E-state index contributed by atoms with van der Waals surface area (Å²) < 4.78 is 5.61. The Morgan fingerprint density at radius 3 is 2.88 bits per heavy atom. The van der Waals surface area contributed by atoms with Gasteiger partial charge < -0.3 is 15.5 Å². The molecule has 0 saturated heterocycles. The molecule has 0 aliphatic rings. The van der Waals surface area contributed by atoms with Crippen LogP contribution in [-0.2, 0) is 0 Å². The highest BCUT2D eigenvalue weighted by molar-refractivity contribution is 5.78. The minimum atomic E-state index is 0.338. The van der Waals surface area contributed by atoms with E-state index in [9.17, 15) is 0 Å². The summed E-state index contributed by atoms with van der Waals surface area (Å²) in [6.07, 6.45) is 1.13. The zero-order chi connectivity index (χ0) is 12.4. The Balaban J connectivity index is 2.19. The zero-order valence-corrected chi connectivity index (χ0v) is 10.5. The third-order valence-electron chi connectivity index (χ3n) is 3.26. The zero-order valence-electron chi connectivity index (χ0n) is 10.5. The van der Waals surface area contributed by atoms with Crippen LogP contribution in [0, 0.1) is 5.92 Å². The lowest BCUT2D eigenvalue weighted by atomic mass is 10.0. The summed E-state index contributed by atoms with van der Waals surface area (Å²) in [7, 11) is 0. The highest BCUT2D eigenvalue weighted by atomic mass is 16.4. The molecule has 1 heterocycles. The lowest BCUT2D eigenvalue weighted by Crippen LogP contribution is -2.23. The quantitative estimate of drug-likeness (QED) is 0.795. The number of nitrogens with one attached hydrogen (secondary N) is 1. The molecule has 0 fully saturated rings. The Labute approximate surface area is 101 Å². The molecule has 4 heteroatoms. The van der Waals surface area contributed by atoms with Gasteiger partial charge in [-0.1, -0.05) is 20.3 Å². The molecule has 2 atom stereocenters. The number of rotatable bonds is 4. The normalized spacial score (nSPS) is 14.8. The highest BCUT2D eigenvalue weighted by Gasteiger charge is 2.13. The fourth-order valence-corrected chi connectivity index (χ4v) is 1.70. The van der Waals surface area contributed by atoms with Crippen LogP contribution >= 0.6 is 0 Å². The molecule has 0 aliphatic carbocycles. The molecule has 17 heavy (non-hydrogen) atoms. The van der Waals surface area contributed by atoms with Crippen molar-refractivity contribution in [1.29, 1.82) is 0 Å². The Morgan fingerprint density at radius 2 is 2.18 bits per heavy atom. The van der Waals surface area contributed by atoms with Crippen molar-refractivity contribution in [2.24, 2.45) is 5.92 Å². The Hall–Kier alpha value is -1.71. The van der Waals surface area contributed by atoms with Crippen molar-refractivity contribution in [3.63, 3.8) is 0 Å². The lowest BCUT2D eigenvalue weighted by Gasteiger charge is -2.18. The van der Waals surface area contributed by atoms with E-state index in [0.29, 0.717) is 23.7 Å². The number of anilines is 2. The first-order valence-electron chi connectivity index (χ1n) is 6.02. The molecule has 2 unspecified atom stereocenters. The highest BCUT2D eigenvalue weighted by Crippen LogP contribution is 2.22. The van der Waals surface area contributed by atoms with E-state index in [1.807, 2.05) is 18.2 Å². The molecule has 3 N–H and O–H groups in total. The van der Waals surface area contributed by atoms with E-state index in [2.05, 4.69) is 31.1 Å². The van der Waals surface area contributed by atoms with Gasteiger partial charge in [-0.3, -0.25) is 0 Å². The van der Waals surface area contributed by atoms with E-state index in [4.69, 9.17) is 10.2 Å². The van der Waals surface area contributed by atoms with Gasteiger partial charge in [-0.25, -0.2) is 0 Å². The van der Waals surface area contributed by atoms with E-state index in [1.165, 1.54) is 0 Å². The van der Waals surface area contributed by atoms with Gasteiger partial charge in [0.25, 0.3) is 6.01 Å². The molecule has 4 nitrogen and oxygen atoms in total. The molecular weight excluding hydrogens is 214 g/mol. The van der Waals surface area contributed by atoms with Gasteiger partial charge in [0.15, 0.2) is 5.58 Å². The maximum Gasteiger partial charge on any atom is 0.295 e.